The molecule has 3 N–H and O–H groups in total. The van der Waals surface area contributed by atoms with Crippen LogP contribution in [0.25, 0.3) is 11.0 Å². The van der Waals surface area contributed by atoms with E-state index in [1.54, 1.807) is 18.0 Å². The molecule has 0 saturated carbocycles. The van der Waals surface area contributed by atoms with Gasteiger partial charge in [0.1, 0.15) is 5.52 Å². The van der Waals surface area contributed by atoms with Crippen LogP contribution in [-0.2, 0) is 0 Å². The first-order valence-electron chi connectivity index (χ1n) is 6.50. The average Bonchev–Trinajstić information content (AvgIpc) is 3.13. The van der Waals surface area contributed by atoms with Gasteiger partial charge in [0, 0.05) is 16.0 Å². The van der Waals surface area contributed by atoms with E-state index in [4.69, 9.17) is 15.2 Å². The molecule has 0 radical (unpaired) electrons. The summed E-state index contributed by atoms with van der Waals surface area (Å²) in [7, 11) is 0. The number of anilines is 1. The molecular weight excluding hydrogens is 320 g/mol. The predicted octanol–water partition coefficient (Wildman–Crippen LogP) is 3.14. The standard InChI is InChI=1S/C14H12N4O2S2/c1-21-10-4-8-9(20-6-19-8)5-11(10)22-14-17-7-2-3-16-13(15)12(7)18-14/h2-5H,6H2,1H3,(H2,15,16)(H,17,18). The number of aromatic amines is 1. The van der Waals surface area contributed by atoms with Crippen molar-refractivity contribution in [2.24, 2.45) is 0 Å². The van der Waals surface area contributed by atoms with Crippen molar-refractivity contribution in [3.63, 3.8) is 0 Å². The third-order valence-electron chi connectivity index (χ3n) is 3.27. The van der Waals surface area contributed by atoms with E-state index < -0.39 is 0 Å². The zero-order valence-corrected chi connectivity index (χ0v) is 13.3. The first kappa shape index (κ1) is 13.6. The van der Waals surface area contributed by atoms with E-state index in [1.165, 1.54) is 11.8 Å². The van der Waals surface area contributed by atoms with Crippen molar-refractivity contribution in [1.82, 2.24) is 15.0 Å². The lowest BCUT2D eigenvalue weighted by Crippen LogP contribution is -1.92. The molecule has 112 valence electrons. The number of pyridine rings is 1. The van der Waals surface area contributed by atoms with Crippen molar-refractivity contribution in [2.75, 3.05) is 18.8 Å². The third kappa shape index (κ3) is 2.24. The molecule has 0 bridgehead atoms. The number of nitrogens with two attached hydrogens (primary N) is 1. The topological polar surface area (TPSA) is 86.1 Å². The number of hydrogen-bond acceptors (Lipinski definition) is 7. The lowest BCUT2D eigenvalue weighted by atomic mass is 10.3. The minimum absolute atomic E-state index is 0.268. The van der Waals surface area contributed by atoms with Gasteiger partial charge in [-0.15, -0.1) is 11.8 Å². The van der Waals surface area contributed by atoms with Crippen LogP contribution in [0.3, 0.4) is 0 Å². The number of imidazole rings is 1. The maximum atomic E-state index is 5.85. The van der Waals surface area contributed by atoms with E-state index in [9.17, 15) is 0 Å². The van der Waals surface area contributed by atoms with E-state index in [2.05, 4.69) is 15.0 Å². The first-order valence-corrected chi connectivity index (χ1v) is 8.54. The van der Waals surface area contributed by atoms with Crippen molar-refractivity contribution in [1.29, 1.82) is 0 Å². The monoisotopic (exact) mass is 332 g/mol. The number of benzene rings is 1. The van der Waals surface area contributed by atoms with Crippen LogP contribution >= 0.6 is 23.5 Å². The number of fused-ring (bicyclic) bond motifs is 2. The Bertz CT molecular complexity index is 865. The lowest BCUT2D eigenvalue weighted by molar-refractivity contribution is 0.174. The van der Waals surface area contributed by atoms with Crippen LogP contribution in [-0.4, -0.2) is 28.0 Å². The fourth-order valence-electron chi connectivity index (χ4n) is 2.23. The van der Waals surface area contributed by atoms with Crippen molar-refractivity contribution < 1.29 is 9.47 Å². The molecule has 1 aromatic carbocycles. The van der Waals surface area contributed by atoms with Crippen LogP contribution in [0.5, 0.6) is 11.5 Å². The summed E-state index contributed by atoms with van der Waals surface area (Å²) in [5, 5.41) is 0.767. The van der Waals surface area contributed by atoms with Crippen molar-refractivity contribution >= 4 is 40.4 Å². The molecule has 1 aliphatic heterocycles. The maximum Gasteiger partial charge on any atom is 0.231 e. The summed E-state index contributed by atoms with van der Waals surface area (Å²) < 4.78 is 10.9. The predicted molar refractivity (Wildman–Crippen MR) is 86.8 cm³/mol. The number of ether oxygens (including phenoxy) is 2. The summed E-state index contributed by atoms with van der Waals surface area (Å²) >= 11 is 3.19. The van der Waals surface area contributed by atoms with E-state index in [0.717, 1.165) is 32.0 Å². The number of thioether (sulfide) groups is 1. The number of nitrogen functional groups attached to an aromatic ring is 1. The second-order valence-corrected chi connectivity index (χ2v) is 6.47. The molecule has 8 heteroatoms. The van der Waals surface area contributed by atoms with E-state index in [1.807, 2.05) is 24.5 Å². The van der Waals surface area contributed by atoms with Crippen LogP contribution in [0.15, 0.2) is 39.3 Å². The van der Waals surface area contributed by atoms with Crippen molar-refractivity contribution in [3.05, 3.63) is 24.4 Å². The number of aromatic nitrogens is 3. The molecule has 0 saturated heterocycles. The third-order valence-corrected chi connectivity index (χ3v) is 5.12. The number of nitrogens with zero attached hydrogens (tertiary/aromatic N) is 2. The SMILES string of the molecule is CSc1cc2c(cc1Sc1nc3c(N)nccc3[nH]1)OCO2. The molecular formula is C14H12N4O2S2. The van der Waals surface area contributed by atoms with Crippen molar-refractivity contribution in [2.45, 2.75) is 14.9 Å². The second kappa shape index (κ2) is 5.29. The molecule has 0 spiro atoms. The highest BCUT2D eigenvalue weighted by atomic mass is 32.2. The highest BCUT2D eigenvalue weighted by molar-refractivity contribution is 8.02. The Balaban J connectivity index is 1.74. The zero-order valence-electron chi connectivity index (χ0n) is 11.6. The van der Waals surface area contributed by atoms with Crippen LogP contribution < -0.4 is 15.2 Å². The minimum Gasteiger partial charge on any atom is -0.454 e. The Kier molecular flexibility index (Phi) is 3.27. The highest BCUT2D eigenvalue weighted by Crippen LogP contribution is 2.43. The summed E-state index contributed by atoms with van der Waals surface area (Å²) in [6.07, 6.45) is 3.69. The van der Waals surface area contributed by atoms with Gasteiger partial charge in [0.25, 0.3) is 0 Å². The van der Waals surface area contributed by atoms with Gasteiger partial charge in [0.15, 0.2) is 22.5 Å². The fraction of sp³-hybridized carbons (Fsp3) is 0.143. The van der Waals surface area contributed by atoms with E-state index in [0.29, 0.717) is 11.3 Å². The molecule has 0 aliphatic carbocycles. The molecule has 3 heterocycles. The number of rotatable bonds is 3. The largest absolute Gasteiger partial charge is 0.454 e. The van der Waals surface area contributed by atoms with Gasteiger partial charge in [0.05, 0.1) is 5.52 Å². The first-order chi connectivity index (χ1) is 10.7. The van der Waals surface area contributed by atoms with Gasteiger partial charge in [-0.3, -0.25) is 0 Å². The van der Waals surface area contributed by atoms with Crippen LogP contribution in [0.2, 0.25) is 0 Å². The Hall–Kier alpha value is -2.06. The number of hydrogen-bond donors (Lipinski definition) is 2. The maximum absolute atomic E-state index is 5.85. The molecule has 0 unspecified atom stereocenters. The minimum atomic E-state index is 0.268. The Morgan fingerprint density at radius 1 is 1.23 bits per heavy atom. The second-order valence-electron chi connectivity index (χ2n) is 4.59. The average molecular weight is 332 g/mol. The van der Waals surface area contributed by atoms with Gasteiger partial charge in [-0.2, -0.15) is 0 Å². The molecule has 4 rings (SSSR count). The van der Waals surface area contributed by atoms with E-state index in [-0.39, 0.29) is 6.79 Å². The van der Waals surface area contributed by atoms with Gasteiger partial charge in [-0.25, -0.2) is 9.97 Å². The molecule has 0 amide bonds. The zero-order chi connectivity index (χ0) is 15.1. The molecule has 0 fully saturated rings. The van der Waals surface area contributed by atoms with Crippen LogP contribution in [0.1, 0.15) is 0 Å². The smallest absolute Gasteiger partial charge is 0.231 e. The lowest BCUT2D eigenvalue weighted by Gasteiger charge is -2.06. The molecule has 1 aliphatic rings. The molecule has 22 heavy (non-hydrogen) atoms. The number of nitrogens with one attached hydrogen (secondary N) is 1. The molecule has 6 nitrogen and oxygen atoms in total. The van der Waals surface area contributed by atoms with Gasteiger partial charge in [-0.05, 0) is 24.5 Å². The quantitative estimate of drug-likeness (QED) is 0.713. The normalized spacial score (nSPS) is 13.0. The Labute approximate surface area is 134 Å². The summed E-state index contributed by atoms with van der Waals surface area (Å²) in [6, 6.07) is 5.83. The van der Waals surface area contributed by atoms with Crippen molar-refractivity contribution in [3.8, 4) is 11.5 Å². The highest BCUT2D eigenvalue weighted by Gasteiger charge is 2.18. The Morgan fingerprint density at radius 2 is 2.00 bits per heavy atom. The van der Waals surface area contributed by atoms with Crippen LogP contribution in [0, 0.1) is 0 Å². The summed E-state index contributed by atoms with van der Waals surface area (Å²) in [5.74, 6) is 1.97. The molecule has 3 aromatic rings. The summed E-state index contributed by atoms with van der Waals surface area (Å²) in [6.45, 7) is 0.268. The fourth-order valence-corrected chi connectivity index (χ4v) is 3.92. The van der Waals surface area contributed by atoms with Gasteiger partial charge >= 0.3 is 0 Å². The van der Waals surface area contributed by atoms with Gasteiger partial charge in [0.2, 0.25) is 6.79 Å². The van der Waals surface area contributed by atoms with Gasteiger partial charge < -0.3 is 20.2 Å². The van der Waals surface area contributed by atoms with Crippen LogP contribution in [0.4, 0.5) is 5.82 Å². The summed E-state index contributed by atoms with van der Waals surface area (Å²) in [5.41, 5.74) is 7.42. The molecule has 0 atom stereocenters. The van der Waals surface area contributed by atoms with Gasteiger partial charge in [-0.1, -0.05) is 11.8 Å². The summed E-state index contributed by atoms with van der Waals surface area (Å²) in [4.78, 5) is 14.0. The Morgan fingerprint density at radius 3 is 2.73 bits per heavy atom. The molecule has 2 aromatic heterocycles. The van der Waals surface area contributed by atoms with E-state index >= 15 is 0 Å². The number of H-pyrrole nitrogens is 1.